The van der Waals surface area contributed by atoms with Crippen molar-refractivity contribution in [3.63, 3.8) is 0 Å². The Balaban J connectivity index is 4.20. The third kappa shape index (κ3) is 39.9. The van der Waals surface area contributed by atoms with Gasteiger partial charge in [0, 0.05) is 25.8 Å². The molecule has 0 heterocycles. The Labute approximate surface area is 341 Å². The van der Waals surface area contributed by atoms with E-state index in [9.17, 15) is 23.8 Å². The lowest BCUT2D eigenvalue weighted by Gasteiger charge is -2.19. The van der Waals surface area contributed by atoms with Gasteiger partial charge in [0.15, 0.2) is 11.9 Å². The predicted molar refractivity (Wildman–Crippen MR) is 229 cm³/mol. The van der Waals surface area contributed by atoms with Crippen molar-refractivity contribution in [2.75, 3.05) is 26.4 Å². The zero-order chi connectivity index (χ0) is 41.2. The van der Waals surface area contributed by atoms with Crippen molar-refractivity contribution in [1.82, 2.24) is 0 Å². The van der Waals surface area contributed by atoms with Crippen LogP contribution in [0, 0.1) is 0 Å². The molecule has 0 bridgehead atoms. The number of hydrogen-bond donors (Lipinski definition) is 2. The van der Waals surface area contributed by atoms with Gasteiger partial charge in [0.1, 0.15) is 6.61 Å². The molecule has 2 atom stereocenters. The number of allylic oxidation sites excluding steroid dienone is 8. The van der Waals surface area contributed by atoms with E-state index < -0.39 is 32.5 Å². The molecule has 0 spiro atoms. The molecule has 0 aromatic heterocycles. The fraction of sp³-hybridized carbons (Fsp3) is 0.756. The number of hydrogen-bond acceptors (Lipinski definition) is 9. The molecule has 3 N–H and O–H groups in total. The molecule has 0 radical (unpaired) electrons. The number of ether oxygens (including phenoxy) is 2. The molecule has 0 aliphatic heterocycles. The van der Waals surface area contributed by atoms with Crippen LogP contribution in [0.15, 0.2) is 48.6 Å². The molecule has 0 aliphatic rings. The molecule has 324 valence electrons. The Morgan fingerprint density at radius 1 is 0.589 bits per heavy atom. The molecule has 0 aromatic rings. The summed E-state index contributed by atoms with van der Waals surface area (Å²) in [6, 6.07) is 0. The maximum atomic E-state index is 12.6. The van der Waals surface area contributed by atoms with E-state index >= 15 is 0 Å². The summed E-state index contributed by atoms with van der Waals surface area (Å²) in [5.41, 5.74) is 5.34. The Morgan fingerprint density at radius 3 is 1.68 bits per heavy atom. The summed E-state index contributed by atoms with van der Waals surface area (Å²) < 4.78 is 32.7. The van der Waals surface area contributed by atoms with Crippen LogP contribution in [0.2, 0.25) is 0 Å². The molecule has 1 unspecified atom stereocenters. The van der Waals surface area contributed by atoms with Gasteiger partial charge in [0.25, 0.3) is 0 Å². The molecule has 0 saturated carbocycles. The molecule has 0 aromatic carbocycles. The van der Waals surface area contributed by atoms with Gasteiger partial charge in [-0.1, -0.05) is 146 Å². The van der Waals surface area contributed by atoms with Crippen LogP contribution in [0.5, 0.6) is 0 Å². The van der Waals surface area contributed by atoms with E-state index in [0.29, 0.717) is 19.3 Å². The fourth-order valence-corrected chi connectivity index (χ4v) is 6.59. The van der Waals surface area contributed by atoms with Crippen molar-refractivity contribution in [3.05, 3.63) is 48.6 Å². The third-order valence-electron chi connectivity index (χ3n) is 9.16. The third-order valence-corrected chi connectivity index (χ3v) is 10.1. The van der Waals surface area contributed by atoms with E-state index in [4.69, 9.17) is 24.3 Å². The Hall–Kier alpha value is -2.36. The molecule has 11 heteroatoms. The van der Waals surface area contributed by atoms with Crippen LogP contribution in [0.1, 0.15) is 187 Å². The number of nitrogens with two attached hydrogens (primary N) is 1. The minimum absolute atomic E-state index is 0.0383. The van der Waals surface area contributed by atoms with Crippen molar-refractivity contribution in [3.8, 4) is 0 Å². The molecule has 0 fully saturated rings. The van der Waals surface area contributed by atoms with E-state index in [2.05, 4.69) is 44.2 Å². The number of phosphoric acid groups is 1. The average molecular weight is 810 g/mol. The van der Waals surface area contributed by atoms with Crippen molar-refractivity contribution in [2.45, 2.75) is 193 Å². The first-order valence-corrected chi connectivity index (χ1v) is 23.6. The number of esters is 2. The summed E-state index contributed by atoms with van der Waals surface area (Å²) in [7, 11) is -4.40. The van der Waals surface area contributed by atoms with Gasteiger partial charge in [0.05, 0.1) is 13.2 Å². The Kier molecular flexibility index (Phi) is 39.1. The highest BCUT2D eigenvalue weighted by atomic mass is 31.2. The van der Waals surface area contributed by atoms with Crippen LogP contribution in [-0.4, -0.2) is 55.1 Å². The summed E-state index contributed by atoms with van der Waals surface area (Å²) in [6.45, 7) is 3.49. The van der Waals surface area contributed by atoms with E-state index in [1.54, 1.807) is 6.08 Å². The summed E-state index contributed by atoms with van der Waals surface area (Å²) >= 11 is 0. The molecular weight excluding hydrogens is 729 g/mol. The monoisotopic (exact) mass is 810 g/mol. The van der Waals surface area contributed by atoms with Crippen LogP contribution < -0.4 is 5.73 Å². The van der Waals surface area contributed by atoms with Crippen molar-refractivity contribution < 1.29 is 42.4 Å². The van der Waals surface area contributed by atoms with Gasteiger partial charge in [-0.3, -0.25) is 23.4 Å². The highest BCUT2D eigenvalue weighted by molar-refractivity contribution is 7.47. The van der Waals surface area contributed by atoms with Gasteiger partial charge < -0.3 is 20.1 Å². The first kappa shape index (κ1) is 53.6. The first-order chi connectivity index (χ1) is 27.2. The highest BCUT2D eigenvalue weighted by Crippen LogP contribution is 2.43. The first-order valence-electron chi connectivity index (χ1n) is 22.1. The second-order valence-electron chi connectivity index (χ2n) is 14.6. The summed E-state index contributed by atoms with van der Waals surface area (Å²) in [5, 5.41) is 0. The minimum Gasteiger partial charge on any atom is -0.462 e. The van der Waals surface area contributed by atoms with Crippen LogP contribution >= 0.6 is 7.82 Å². The predicted octanol–water partition coefficient (Wildman–Crippen LogP) is 11.9. The minimum atomic E-state index is -4.40. The van der Waals surface area contributed by atoms with Crippen molar-refractivity contribution in [2.24, 2.45) is 5.73 Å². The Morgan fingerprint density at radius 2 is 1.09 bits per heavy atom. The van der Waals surface area contributed by atoms with Crippen molar-refractivity contribution in [1.29, 1.82) is 0 Å². The lowest BCUT2D eigenvalue weighted by Crippen LogP contribution is -2.29. The number of carbonyl (C=O) groups excluding carboxylic acids is 3. The quantitative estimate of drug-likeness (QED) is 0.0152. The molecule has 56 heavy (non-hydrogen) atoms. The van der Waals surface area contributed by atoms with Gasteiger partial charge in [-0.2, -0.15) is 0 Å². The summed E-state index contributed by atoms with van der Waals surface area (Å²) in [4.78, 5) is 46.6. The second-order valence-corrected chi connectivity index (χ2v) is 16.0. The van der Waals surface area contributed by atoms with Crippen LogP contribution in [0.3, 0.4) is 0 Å². The number of ketones is 1. The normalized spacial score (nSPS) is 13.6. The summed E-state index contributed by atoms with van der Waals surface area (Å²) in [6.07, 6.45) is 42.6. The molecule has 10 nitrogen and oxygen atoms in total. The standard InChI is InChI=1S/C45H80NO9P/c1-3-5-7-8-9-10-11-12-13-14-15-16-17-18-19-22-26-29-33-37-45(49)55-43(41-54-56(50,51)53-39-38-46)40-52-44(48)36-32-28-25-23-20-21-24-27-31-35-42(47)34-30-6-4-2/h9-10,12-13,24,27,31,35,43H,3-8,11,14-23,25-26,28-30,32-34,36-41,46H2,1-2H3,(H,50,51)/b10-9-,13-12-,27-24-,35-31+/t43-/m1/s1. The van der Waals surface area contributed by atoms with E-state index in [-0.39, 0.29) is 38.4 Å². The maximum Gasteiger partial charge on any atom is 0.472 e. The number of rotatable bonds is 41. The maximum absolute atomic E-state index is 12.6. The van der Waals surface area contributed by atoms with Gasteiger partial charge in [-0.25, -0.2) is 4.57 Å². The highest BCUT2D eigenvalue weighted by Gasteiger charge is 2.26. The second kappa shape index (κ2) is 40.8. The van der Waals surface area contributed by atoms with Crippen LogP contribution in [0.25, 0.3) is 0 Å². The molecule has 0 amide bonds. The topological polar surface area (TPSA) is 151 Å². The van der Waals surface area contributed by atoms with Crippen LogP contribution in [-0.2, 0) is 37.5 Å². The largest absolute Gasteiger partial charge is 0.472 e. The summed E-state index contributed by atoms with van der Waals surface area (Å²) in [5.74, 6) is -0.719. The number of carbonyl (C=O) groups is 3. The zero-order valence-electron chi connectivity index (χ0n) is 35.4. The zero-order valence-corrected chi connectivity index (χ0v) is 36.2. The van der Waals surface area contributed by atoms with E-state index in [0.717, 1.165) is 83.5 Å². The van der Waals surface area contributed by atoms with E-state index in [1.165, 1.54) is 57.8 Å². The lowest BCUT2D eigenvalue weighted by atomic mass is 10.1. The van der Waals surface area contributed by atoms with Crippen LogP contribution in [0.4, 0.5) is 0 Å². The molecular formula is C45H80NO9P. The van der Waals surface area contributed by atoms with Crippen molar-refractivity contribution >= 4 is 25.5 Å². The molecule has 0 aliphatic carbocycles. The van der Waals surface area contributed by atoms with Gasteiger partial charge in [0.2, 0.25) is 0 Å². The Bertz CT molecular complexity index is 1120. The van der Waals surface area contributed by atoms with Gasteiger partial charge >= 0.3 is 19.8 Å². The van der Waals surface area contributed by atoms with Gasteiger partial charge in [-0.15, -0.1) is 0 Å². The lowest BCUT2D eigenvalue weighted by molar-refractivity contribution is -0.161. The smallest absolute Gasteiger partial charge is 0.462 e. The average Bonchev–Trinajstić information content (AvgIpc) is 3.18. The van der Waals surface area contributed by atoms with Gasteiger partial charge in [-0.05, 0) is 70.3 Å². The number of phosphoric ester groups is 1. The fourth-order valence-electron chi connectivity index (χ4n) is 5.82. The molecule has 0 saturated heterocycles. The van der Waals surface area contributed by atoms with E-state index in [1.807, 2.05) is 12.2 Å². The SMILES string of the molecule is CCCCC/C=C\C/C=C\CCCCCCCCCCCC(=O)O[C@H](COC(=O)CCCCCCC/C=C\C=C\C(=O)CCCCC)COP(=O)(O)OCCN. The number of unbranched alkanes of at least 4 members (excludes halogenated alkanes) is 19. The molecule has 0 rings (SSSR count).